The van der Waals surface area contributed by atoms with Gasteiger partial charge >= 0.3 is 0 Å². The lowest BCUT2D eigenvalue weighted by Gasteiger charge is -2.08. The number of hydrogen-bond donors (Lipinski definition) is 1. The predicted octanol–water partition coefficient (Wildman–Crippen LogP) is 10.1. The van der Waals surface area contributed by atoms with Gasteiger partial charge in [-0.15, -0.1) is 0 Å². The molecule has 0 atom stereocenters. The van der Waals surface area contributed by atoms with Crippen molar-refractivity contribution in [3.8, 4) is 0 Å². The Labute approximate surface area is 365 Å². The first-order valence-electron chi connectivity index (χ1n) is 23.2. The topological polar surface area (TPSA) is 128 Å². The SMILES string of the molecule is CC(C)CCOC(C)C.CC(C)CCOCC(=O)CCCOCCOC(C)C.CC(C)CCOCCCC(=O)CCOC(C)C.CC(C)NCCOCCC(=O)C(C)C. The van der Waals surface area contributed by atoms with E-state index in [1.54, 1.807) is 0 Å². The Morgan fingerprint density at radius 3 is 1.34 bits per heavy atom. The van der Waals surface area contributed by atoms with Gasteiger partial charge in [-0.25, -0.2) is 0 Å². The predicted molar refractivity (Wildman–Crippen MR) is 246 cm³/mol. The van der Waals surface area contributed by atoms with Gasteiger partial charge in [0.25, 0.3) is 0 Å². The minimum atomic E-state index is 0.132. The third kappa shape index (κ3) is 68.7. The molecule has 0 aliphatic heterocycles. The molecule has 0 bridgehead atoms. The molecule has 0 saturated heterocycles. The molecule has 0 saturated carbocycles. The quantitative estimate of drug-likeness (QED) is 0.0605. The van der Waals surface area contributed by atoms with Crippen molar-refractivity contribution >= 4 is 17.3 Å². The molecule has 0 radical (unpaired) electrons. The summed E-state index contributed by atoms with van der Waals surface area (Å²) < 4.78 is 37.5. The molecule has 356 valence electrons. The zero-order chi connectivity index (χ0) is 45.9. The van der Waals surface area contributed by atoms with Crippen LogP contribution in [0, 0.1) is 23.7 Å². The van der Waals surface area contributed by atoms with E-state index in [0.29, 0.717) is 103 Å². The molecule has 0 aromatic carbocycles. The molecular weight excluding hydrogens is 751 g/mol. The van der Waals surface area contributed by atoms with Crippen molar-refractivity contribution in [2.75, 3.05) is 79.2 Å². The van der Waals surface area contributed by atoms with Crippen molar-refractivity contribution in [2.45, 2.75) is 193 Å². The van der Waals surface area contributed by atoms with Crippen LogP contribution in [0.5, 0.6) is 0 Å². The average molecular weight is 850 g/mol. The summed E-state index contributed by atoms with van der Waals surface area (Å²) in [5, 5.41) is 3.25. The van der Waals surface area contributed by atoms with Gasteiger partial charge in [-0.1, -0.05) is 69.2 Å². The van der Waals surface area contributed by atoms with Gasteiger partial charge in [0.15, 0.2) is 5.78 Å². The second kappa shape index (κ2) is 47.7. The summed E-state index contributed by atoms with van der Waals surface area (Å²) in [6.07, 6.45) is 7.94. The molecule has 0 spiro atoms. The number of rotatable bonds is 36. The van der Waals surface area contributed by atoms with Crippen LogP contribution in [0.25, 0.3) is 0 Å². The van der Waals surface area contributed by atoms with Crippen molar-refractivity contribution in [2.24, 2.45) is 23.7 Å². The first kappa shape index (κ1) is 64.3. The highest BCUT2D eigenvalue weighted by atomic mass is 16.5. The van der Waals surface area contributed by atoms with Gasteiger partial charge in [-0.2, -0.15) is 0 Å². The number of carbonyl (C=O) groups is 3. The van der Waals surface area contributed by atoms with Crippen LogP contribution in [0.1, 0.15) is 169 Å². The van der Waals surface area contributed by atoms with Crippen LogP contribution in [-0.4, -0.2) is 121 Å². The van der Waals surface area contributed by atoms with Crippen LogP contribution in [0.4, 0.5) is 0 Å². The van der Waals surface area contributed by atoms with E-state index in [1.165, 1.54) is 6.42 Å². The van der Waals surface area contributed by atoms with Crippen molar-refractivity contribution in [3.05, 3.63) is 0 Å². The summed E-state index contributed by atoms with van der Waals surface area (Å²) in [7, 11) is 0. The highest BCUT2D eigenvalue weighted by Crippen LogP contribution is 2.03. The van der Waals surface area contributed by atoms with Gasteiger partial charge in [0.05, 0.1) is 51.3 Å². The Hall–Kier alpha value is -1.31. The number of hydrogen-bond acceptors (Lipinski definition) is 11. The molecule has 0 heterocycles. The maximum Gasteiger partial charge on any atom is 0.158 e. The number of nitrogens with one attached hydrogen (secondary N) is 1. The van der Waals surface area contributed by atoms with E-state index in [2.05, 4.69) is 74.6 Å². The molecule has 0 aliphatic carbocycles. The van der Waals surface area contributed by atoms with E-state index < -0.39 is 0 Å². The molecule has 11 nitrogen and oxygen atoms in total. The number of ether oxygens (including phenoxy) is 7. The molecule has 0 rings (SSSR count). The highest BCUT2D eigenvalue weighted by molar-refractivity contribution is 5.80. The second-order valence-electron chi connectivity index (χ2n) is 17.7. The van der Waals surface area contributed by atoms with Gasteiger partial charge in [-0.3, -0.25) is 14.4 Å². The maximum absolute atomic E-state index is 11.5. The van der Waals surface area contributed by atoms with Gasteiger partial charge in [-0.05, 0) is 91.4 Å². The fourth-order valence-corrected chi connectivity index (χ4v) is 4.24. The Morgan fingerprint density at radius 1 is 0.407 bits per heavy atom. The number of Topliss-reactive ketones (excluding diaryl/α,β-unsaturated/α-hetero) is 3. The lowest BCUT2D eigenvalue weighted by Crippen LogP contribution is -2.27. The summed E-state index contributed by atoms with van der Waals surface area (Å²) in [5.74, 6) is 2.92. The lowest BCUT2D eigenvalue weighted by molar-refractivity contribution is -0.124. The summed E-state index contributed by atoms with van der Waals surface area (Å²) in [6, 6.07) is 0.496. The molecule has 59 heavy (non-hydrogen) atoms. The Kier molecular flexibility index (Phi) is 52.0. The Balaban J connectivity index is -0.000000352. The molecule has 0 aromatic heterocycles. The lowest BCUT2D eigenvalue weighted by atomic mass is 10.1. The zero-order valence-electron chi connectivity index (χ0n) is 41.6. The fraction of sp³-hybridized carbons (Fsp3) is 0.938. The van der Waals surface area contributed by atoms with Crippen molar-refractivity contribution in [3.63, 3.8) is 0 Å². The Bertz CT molecular complexity index is 883. The molecule has 1 N–H and O–H groups in total. The highest BCUT2D eigenvalue weighted by Gasteiger charge is 2.07. The van der Waals surface area contributed by atoms with E-state index in [4.69, 9.17) is 33.2 Å². The van der Waals surface area contributed by atoms with Crippen molar-refractivity contribution < 1.29 is 47.5 Å². The van der Waals surface area contributed by atoms with Gasteiger partial charge in [0, 0.05) is 77.2 Å². The van der Waals surface area contributed by atoms with Crippen LogP contribution in [0.15, 0.2) is 0 Å². The maximum atomic E-state index is 11.5. The van der Waals surface area contributed by atoms with E-state index in [0.717, 1.165) is 51.4 Å². The van der Waals surface area contributed by atoms with E-state index >= 15 is 0 Å². The summed E-state index contributed by atoms with van der Waals surface area (Å²) in [6.45, 7) is 41.0. The minimum absolute atomic E-state index is 0.132. The first-order chi connectivity index (χ1) is 27.7. The van der Waals surface area contributed by atoms with Crippen LogP contribution in [0.3, 0.4) is 0 Å². The minimum Gasteiger partial charge on any atom is -0.381 e. The standard InChI is InChI=1S/C15H30O4.C14H28O3.C11H23NO2.C8H18O/c1-13(2)7-9-18-12-15(16)6-5-8-17-10-11-19-14(3)4;1-12(2)7-10-16-9-5-6-14(15)8-11-17-13(3)4;1-9(2)11(13)5-7-14-8-6-12-10(3)4;1-7(2)5-6-9-8(3)4/h13-14H,5-12H2,1-4H3;12-13H,5-11H2,1-4H3;9-10,12H,5-8H2,1-4H3;7-8H,5-6H2,1-4H3. The third-order valence-corrected chi connectivity index (χ3v) is 8.02. The van der Waals surface area contributed by atoms with E-state index in [9.17, 15) is 14.4 Å². The Morgan fingerprint density at radius 2 is 0.847 bits per heavy atom. The van der Waals surface area contributed by atoms with Gasteiger partial charge < -0.3 is 38.5 Å². The van der Waals surface area contributed by atoms with Crippen molar-refractivity contribution in [1.82, 2.24) is 5.32 Å². The third-order valence-electron chi connectivity index (χ3n) is 8.02. The first-order valence-corrected chi connectivity index (χ1v) is 23.2. The molecule has 0 unspecified atom stereocenters. The van der Waals surface area contributed by atoms with Crippen LogP contribution >= 0.6 is 0 Å². The fourth-order valence-electron chi connectivity index (χ4n) is 4.24. The van der Waals surface area contributed by atoms with Crippen LogP contribution in [0.2, 0.25) is 0 Å². The van der Waals surface area contributed by atoms with Gasteiger partial charge in [0.1, 0.15) is 18.2 Å². The molecule has 0 amide bonds. The monoisotopic (exact) mass is 850 g/mol. The average Bonchev–Trinajstić information content (AvgIpc) is 3.12. The summed E-state index contributed by atoms with van der Waals surface area (Å²) >= 11 is 0. The summed E-state index contributed by atoms with van der Waals surface area (Å²) in [5.41, 5.74) is 0. The summed E-state index contributed by atoms with van der Waals surface area (Å²) in [4.78, 5) is 34.1. The van der Waals surface area contributed by atoms with Gasteiger partial charge in [0.2, 0.25) is 0 Å². The zero-order valence-corrected chi connectivity index (χ0v) is 41.6. The number of ketones is 3. The molecule has 0 fully saturated rings. The van der Waals surface area contributed by atoms with Crippen LogP contribution in [-0.2, 0) is 47.5 Å². The molecular formula is C48H99NO10. The molecule has 0 aromatic rings. The number of carbonyl (C=O) groups excluding carboxylic acids is 3. The molecule has 0 aliphatic rings. The largest absolute Gasteiger partial charge is 0.381 e. The molecule has 11 heteroatoms. The second-order valence-corrected chi connectivity index (χ2v) is 17.7. The smallest absolute Gasteiger partial charge is 0.158 e. The van der Waals surface area contributed by atoms with Crippen molar-refractivity contribution in [1.29, 1.82) is 0 Å². The van der Waals surface area contributed by atoms with Crippen LogP contribution < -0.4 is 5.32 Å². The van der Waals surface area contributed by atoms with E-state index in [1.807, 2.05) is 41.5 Å². The van der Waals surface area contributed by atoms with E-state index in [-0.39, 0.29) is 42.1 Å². The normalized spacial score (nSPS) is 11.4.